The second-order valence-corrected chi connectivity index (χ2v) is 5.75. The molecule has 0 unspecified atom stereocenters. The standard InChI is InChI=1S/C14H20N4O3/c19-12(20)14(18-9-3-6-15-18)4-10-17(11-5-14)13(21)16-7-1-2-8-16/h3,6,9H,1-2,4-5,7-8,10-11H2,(H,19,20). The maximum absolute atomic E-state index is 12.3. The van der Waals surface area contributed by atoms with Crippen molar-refractivity contribution in [2.45, 2.75) is 31.2 Å². The van der Waals surface area contributed by atoms with Crippen LogP contribution >= 0.6 is 0 Å². The van der Waals surface area contributed by atoms with E-state index in [4.69, 9.17) is 0 Å². The van der Waals surface area contributed by atoms with Crippen molar-refractivity contribution in [3.63, 3.8) is 0 Å². The van der Waals surface area contributed by atoms with E-state index in [9.17, 15) is 14.7 Å². The van der Waals surface area contributed by atoms with E-state index in [0.29, 0.717) is 25.9 Å². The van der Waals surface area contributed by atoms with Crippen LogP contribution in [0.5, 0.6) is 0 Å². The highest BCUT2D eigenvalue weighted by Gasteiger charge is 2.45. The molecule has 7 nitrogen and oxygen atoms in total. The van der Waals surface area contributed by atoms with Gasteiger partial charge >= 0.3 is 12.0 Å². The molecule has 0 atom stereocenters. The molecule has 0 spiro atoms. The van der Waals surface area contributed by atoms with Crippen molar-refractivity contribution in [3.05, 3.63) is 18.5 Å². The average Bonchev–Trinajstić information content (AvgIpc) is 3.19. The fourth-order valence-electron chi connectivity index (χ4n) is 3.24. The van der Waals surface area contributed by atoms with Crippen LogP contribution in [-0.2, 0) is 10.3 Å². The van der Waals surface area contributed by atoms with Gasteiger partial charge in [0.05, 0.1) is 0 Å². The molecule has 2 fully saturated rings. The number of nitrogens with zero attached hydrogens (tertiary/aromatic N) is 4. The van der Waals surface area contributed by atoms with Crippen molar-refractivity contribution < 1.29 is 14.7 Å². The fraction of sp³-hybridized carbons (Fsp3) is 0.643. The fourth-order valence-corrected chi connectivity index (χ4v) is 3.24. The lowest BCUT2D eigenvalue weighted by molar-refractivity contribution is -0.150. The molecule has 0 saturated carbocycles. The summed E-state index contributed by atoms with van der Waals surface area (Å²) in [7, 11) is 0. The van der Waals surface area contributed by atoms with Gasteiger partial charge in [-0.05, 0) is 18.9 Å². The third-order valence-corrected chi connectivity index (χ3v) is 4.58. The molecule has 2 aliphatic heterocycles. The number of likely N-dealkylation sites (tertiary alicyclic amines) is 2. The number of piperidine rings is 1. The molecule has 0 bridgehead atoms. The van der Waals surface area contributed by atoms with Crippen LogP contribution in [0, 0.1) is 0 Å². The molecule has 1 N–H and O–H groups in total. The zero-order chi connectivity index (χ0) is 14.9. The highest BCUT2D eigenvalue weighted by atomic mass is 16.4. The molecule has 0 radical (unpaired) electrons. The number of hydrogen-bond acceptors (Lipinski definition) is 3. The first-order chi connectivity index (χ1) is 10.1. The van der Waals surface area contributed by atoms with E-state index in [1.165, 1.54) is 4.68 Å². The summed E-state index contributed by atoms with van der Waals surface area (Å²) in [4.78, 5) is 27.7. The Hall–Kier alpha value is -2.05. The number of carbonyl (C=O) groups is 2. The van der Waals surface area contributed by atoms with Crippen LogP contribution < -0.4 is 0 Å². The van der Waals surface area contributed by atoms with Gasteiger partial charge in [0.15, 0.2) is 5.54 Å². The zero-order valence-electron chi connectivity index (χ0n) is 11.9. The maximum Gasteiger partial charge on any atom is 0.331 e. The normalized spacial score (nSPS) is 21.5. The molecule has 3 heterocycles. The van der Waals surface area contributed by atoms with Gasteiger partial charge in [0.2, 0.25) is 0 Å². The number of amides is 2. The van der Waals surface area contributed by atoms with E-state index < -0.39 is 11.5 Å². The van der Waals surface area contributed by atoms with Gasteiger partial charge in [0, 0.05) is 51.4 Å². The van der Waals surface area contributed by atoms with Crippen LogP contribution in [-0.4, -0.2) is 62.9 Å². The van der Waals surface area contributed by atoms with Crippen LogP contribution in [0.1, 0.15) is 25.7 Å². The largest absolute Gasteiger partial charge is 0.479 e. The van der Waals surface area contributed by atoms with Crippen molar-refractivity contribution in [2.75, 3.05) is 26.2 Å². The van der Waals surface area contributed by atoms with Crippen LogP contribution in [0.4, 0.5) is 4.79 Å². The van der Waals surface area contributed by atoms with Gasteiger partial charge in [-0.3, -0.25) is 4.68 Å². The molecule has 1 aromatic heterocycles. The average molecular weight is 292 g/mol. The Morgan fingerprint density at radius 3 is 2.19 bits per heavy atom. The van der Waals surface area contributed by atoms with Gasteiger partial charge in [-0.2, -0.15) is 5.10 Å². The van der Waals surface area contributed by atoms with E-state index in [1.54, 1.807) is 23.4 Å². The predicted molar refractivity (Wildman–Crippen MR) is 74.8 cm³/mol. The minimum absolute atomic E-state index is 0.0481. The number of hydrogen-bond donors (Lipinski definition) is 1. The Morgan fingerprint density at radius 1 is 1.05 bits per heavy atom. The molecule has 21 heavy (non-hydrogen) atoms. The van der Waals surface area contributed by atoms with Crippen LogP contribution in [0.2, 0.25) is 0 Å². The van der Waals surface area contributed by atoms with Gasteiger partial charge in [-0.1, -0.05) is 0 Å². The second-order valence-electron chi connectivity index (χ2n) is 5.75. The third kappa shape index (κ3) is 2.36. The molecule has 114 valence electrons. The number of carboxylic acid groups (broad SMARTS) is 1. The summed E-state index contributed by atoms with van der Waals surface area (Å²) >= 11 is 0. The number of rotatable bonds is 2. The van der Waals surface area contributed by atoms with Gasteiger partial charge in [-0.15, -0.1) is 0 Å². The van der Waals surface area contributed by atoms with Crippen molar-refractivity contribution in [1.29, 1.82) is 0 Å². The van der Waals surface area contributed by atoms with Crippen molar-refractivity contribution >= 4 is 12.0 Å². The van der Waals surface area contributed by atoms with Gasteiger partial charge in [0.1, 0.15) is 0 Å². The summed E-state index contributed by atoms with van der Waals surface area (Å²) in [6, 6.07) is 1.78. The lowest BCUT2D eigenvalue weighted by Crippen LogP contribution is -2.54. The second kappa shape index (κ2) is 5.38. The molecular weight excluding hydrogens is 272 g/mol. The summed E-state index contributed by atoms with van der Waals surface area (Å²) in [5.74, 6) is -0.875. The Bertz CT molecular complexity index is 514. The molecular formula is C14H20N4O3. The molecule has 2 amide bonds. The van der Waals surface area contributed by atoms with Gasteiger partial charge in [-0.25, -0.2) is 9.59 Å². The summed E-state index contributed by atoms with van der Waals surface area (Å²) < 4.78 is 1.52. The predicted octanol–water partition coefficient (Wildman–Crippen LogP) is 0.975. The van der Waals surface area contributed by atoms with E-state index in [2.05, 4.69) is 5.10 Å². The number of aromatic nitrogens is 2. The molecule has 1 aromatic rings. The Labute approximate surface area is 123 Å². The summed E-state index contributed by atoms with van der Waals surface area (Å²) in [6.45, 7) is 2.56. The third-order valence-electron chi connectivity index (χ3n) is 4.58. The maximum atomic E-state index is 12.3. The lowest BCUT2D eigenvalue weighted by atomic mass is 9.88. The van der Waals surface area contributed by atoms with Crippen molar-refractivity contribution in [3.8, 4) is 0 Å². The summed E-state index contributed by atoms with van der Waals surface area (Å²) in [5.41, 5.74) is -1.02. The Morgan fingerprint density at radius 2 is 1.67 bits per heavy atom. The Kier molecular flexibility index (Phi) is 3.57. The topological polar surface area (TPSA) is 78.7 Å². The first-order valence-corrected chi connectivity index (χ1v) is 7.41. The van der Waals surface area contributed by atoms with Crippen LogP contribution in [0.3, 0.4) is 0 Å². The highest BCUT2D eigenvalue weighted by molar-refractivity contribution is 5.78. The lowest BCUT2D eigenvalue weighted by Gasteiger charge is -2.40. The van der Waals surface area contributed by atoms with E-state index in [-0.39, 0.29) is 6.03 Å². The van der Waals surface area contributed by atoms with Gasteiger partial charge < -0.3 is 14.9 Å². The van der Waals surface area contributed by atoms with E-state index in [1.807, 2.05) is 4.90 Å². The van der Waals surface area contributed by atoms with Crippen molar-refractivity contribution in [1.82, 2.24) is 19.6 Å². The monoisotopic (exact) mass is 292 g/mol. The van der Waals surface area contributed by atoms with E-state index in [0.717, 1.165) is 25.9 Å². The number of carboxylic acids is 1. The molecule has 0 aliphatic carbocycles. The Balaban J connectivity index is 1.71. The molecule has 2 saturated heterocycles. The van der Waals surface area contributed by atoms with Crippen molar-refractivity contribution in [2.24, 2.45) is 0 Å². The smallest absolute Gasteiger partial charge is 0.331 e. The first-order valence-electron chi connectivity index (χ1n) is 7.41. The van der Waals surface area contributed by atoms with E-state index >= 15 is 0 Å². The quantitative estimate of drug-likeness (QED) is 0.881. The molecule has 2 aliphatic rings. The number of aliphatic carboxylic acids is 1. The minimum atomic E-state index is -1.02. The highest BCUT2D eigenvalue weighted by Crippen LogP contribution is 2.30. The van der Waals surface area contributed by atoms with Gasteiger partial charge in [0.25, 0.3) is 0 Å². The summed E-state index contributed by atoms with van der Waals surface area (Å²) in [6.07, 6.45) is 6.18. The number of carbonyl (C=O) groups excluding carboxylic acids is 1. The zero-order valence-corrected chi connectivity index (χ0v) is 11.9. The van der Waals surface area contributed by atoms with Crippen LogP contribution in [0.25, 0.3) is 0 Å². The SMILES string of the molecule is O=C(N1CCCC1)N1CCC(C(=O)O)(n2cccn2)CC1. The molecule has 7 heteroatoms. The number of urea groups is 1. The summed E-state index contributed by atoms with van der Waals surface area (Å²) in [5, 5.41) is 13.7. The first kappa shape index (κ1) is 13.9. The molecule has 0 aromatic carbocycles. The van der Waals surface area contributed by atoms with Crippen LogP contribution in [0.15, 0.2) is 18.5 Å². The minimum Gasteiger partial charge on any atom is -0.479 e. The molecule has 3 rings (SSSR count).